The molecule has 1 aromatic carbocycles. The van der Waals surface area contributed by atoms with Crippen molar-refractivity contribution >= 4 is 47.2 Å². The number of alkyl halides is 1. The molecule has 5 heteroatoms. The van der Waals surface area contributed by atoms with E-state index in [2.05, 4.69) is 26.1 Å². The first-order chi connectivity index (χ1) is 7.29. The van der Waals surface area contributed by atoms with Crippen LogP contribution in [0.2, 0.25) is 10.0 Å². The Morgan fingerprint density at radius 3 is 2.24 bits per heavy atom. The largest absolute Gasteiger partial charge is 0.310 e. The van der Waals surface area contributed by atoms with E-state index in [-0.39, 0.29) is 23.3 Å². The Bertz CT molecular complexity index is 360. The number of rotatable bonds is 3. The third-order valence-corrected chi connectivity index (χ3v) is 3.26. The maximum atomic E-state index is 6.27. The molecule has 0 spiro atoms. The van der Waals surface area contributed by atoms with Crippen molar-refractivity contribution in [3.05, 3.63) is 33.8 Å². The summed E-state index contributed by atoms with van der Waals surface area (Å²) in [5, 5.41) is 4.34. The second kappa shape index (κ2) is 7.06. The lowest BCUT2D eigenvalue weighted by Gasteiger charge is -2.22. The van der Waals surface area contributed by atoms with Gasteiger partial charge < -0.3 is 5.32 Å². The molecule has 0 bridgehead atoms. The monoisotopic (exact) mass is 315 g/mol. The molecule has 98 valence electrons. The molecule has 1 rings (SSSR count). The smallest absolute Gasteiger partial charge is 0.0710 e. The Balaban J connectivity index is 0.00000256. The van der Waals surface area contributed by atoms with E-state index >= 15 is 0 Å². The molecule has 1 N–H and O–H groups in total. The second-order valence-electron chi connectivity index (χ2n) is 4.77. The Morgan fingerprint density at radius 1 is 1.18 bits per heavy atom. The first-order valence-electron chi connectivity index (χ1n) is 5.13. The topological polar surface area (TPSA) is 12.0 Å². The van der Waals surface area contributed by atoms with Gasteiger partial charge in [-0.2, -0.15) is 0 Å². The molecule has 0 amide bonds. The van der Waals surface area contributed by atoms with Gasteiger partial charge >= 0.3 is 0 Å². The molecule has 0 aromatic heterocycles. The number of hydrogen-bond donors (Lipinski definition) is 1. The normalized spacial score (nSPS) is 13.1. The summed E-state index contributed by atoms with van der Waals surface area (Å²) in [6, 6.07) is 5.48. The minimum Gasteiger partial charge on any atom is -0.310 e. The van der Waals surface area contributed by atoms with Crippen LogP contribution in [0.1, 0.15) is 31.7 Å². The molecular weight excluding hydrogens is 300 g/mol. The average molecular weight is 317 g/mol. The van der Waals surface area contributed by atoms with Crippen LogP contribution in [0.4, 0.5) is 0 Å². The molecule has 0 aliphatic rings. The lowest BCUT2D eigenvalue weighted by Crippen LogP contribution is -2.37. The van der Waals surface area contributed by atoms with Crippen molar-refractivity contribution in [2.45, 2.75) is 31.7 Å². The lowest BCUT2D eigenvalue weighted by atomic mass is 10.1. The van der Waals surface area contributed by atoms with E-state index in [4.69, 9.17) is 34.8 Å². The first kappa shape index (κ1) is 17.3. The summed E-state index contributed by atoms with van der Waals surface area (Å²) < 4.78 is 0. The predicted molar refractivity (Wildman–Crippen MR) is 80.1 cm³/mol. The van der Waals surface area contributed by atoms with Crippen LogP contribution in [0.5, 0.6) is 0 Å². The lowest BCUT2D eigenvalue weighted by molar-refractivity contribution is 0.426. The maximum Gasteiger partial charge on any atom is 0.0710 e. The number of hydrogen-bond acceptors (Lipinski definition) is 1. The molecule has 0 saturated heterocycles. The van der Waals surface area contributed by atoms with Gasteiger partial charge in [-0.25, -0.2) is 0 Å². The Labute approximate surface area is 124 Å². The van der Waals surface area contributed by atoms with Crippen molar-refractivity contribution in [2.24, 2.45) is 0 Å². The van der Waals surface area contributed by atoms with Gasteiger partial charge in [-0.15, -0.1) is 24.0 Å². The van der Waals surface area contributed by atoms with Gasteiger partial charge in [0.2, 0.25) is 0 Å². The molecule has 17 heavy (non-hydrogen) atoms. The highest BCUT2D eigenvalue weighted by Gasteiger charge is 2.14. The van der Waals surface area contributed by atoms with Crippen molar-refractivity contribution in [3.8, 4) is 0 Å². The van der Waals surface area contributed by atoms with Crippen LogP contribution >= 0.6 is 47.2 Å². The Kier molecular flexibility index (Phi) is 7.20. The van der Waals surface area contributed by atoms with Gasteiger partial charge in [0.15, 0.2) is 0 Å². The van der Waals surface area contributed by atoms with Crippen molar-refractivity contribution in [1.82, 2.24) is 5.32 Å². The molecule has 0 saturated carbocycles. The van der Waals surface area contributed by atoms with Crippen molar-refractivity contribution < 1.29 is 0 Å². The molecule has 0 fully saturated rings. The molecular formula is C12H17Cl4N. The molecule has 0 heterocycles. The highest BCUT2D eigenvalue weighted by molar-refractivity contribution is 6.42. The van der Waals surface area contributed by atoms with Crippen LogP contribution < -0.4 is 5.32 Å². The Hall–Kier alpha value is 0.340. The number of benzene rings is 1. The van der Waals surface area contributed by atoms with Crippen LogP contribution in [0.3, 0.4) is 0 Å². The van der Waals surface area contributed by atoms with E-state index in [1.54, 1.807) is 6.07 Å². The maximum absolute atomic E-state index is 6.27. The fraction of sp³-hybridized carbons (Fsp3) is 0.500. The minimum absolute atomic E-state index is 0. The summed E-state index contributed by atoms with van der Waals surface area (Å²) in [6.45, 7) is 7.01. The van der Waals surface area contributed by atoms with E-state index in [0.29, 0.717) is 16.6 Å². The quantitative estimate of drug-likeness (QED) is 0.766. The number of nitrogens with one attached hydrogen (secondary N) is 1. The molecule has 0 radical (unpaired) electrons. The standard InChI is InChI=1S/C12H16Cl3N.ClH/c1-12(2,3)16-7-11(15)8-4-5-9(13)10(14)6-8;/h4-6,11,16H,7H2,1-3H3;1H. The molecule has 1 nitrogen and oxygen atoms in total. The summed E-state index contributed by atoms with van der Waals surface area (Å²) in [4.78, 5) is 0. The van der Waals surface area contributed by atoms with E-state index < -0.39 is 0 Å². The Morgan fingerprint density at radius 2 is 1.76 bits per heavy atom. The van der Waals surface area contributed by atoms with Crippen LogP contribution in [0.15, 0.2) is 18.2 Å². The summed E-state index contributed by atoms with van der Waals surface area (Å²) in [5.74, 6) is 0. The van der Waals surface area contributed by atoms with Gasteiger partial charge in [0, 0.05) is 12.1 Å². The van der Waals surface area contributed by atoms with Crippen LogP contribution in [-0.4, -0.2) is 12.1 Å². The summed E-state index contributed by atoms with van der Waals surface area (Å²) in [7, 11) is 0. The SMILES string of the molecule is CC(C)(C)NCC(Cl)c1ccc(Cl)c(Cl)c1.Cl. The first-order valence-corrected chi connectivity index (χ1v) is 6.33. The molecule has 1 atom stereocenters. The minimum atomic E-state index is -0.103. The van der Waals surface area contributed by atoms with Gasteiger partial charge in [0.1, 0.15) is 0 Å². The second-order valence-corrected chi connectivity index (χ2v) is 6.11. The van der Waals surface area contributed by atoms with Gasteiger partial charge in [-0.05, 0) is 38.5 Å². The zero-order valence-electron chi connectivity index (χ0n) is 10.1. The van der Waals surface area contributed by atoms with Gasteiger partial charge in [0.05, 0.1) is 15.4 Å². The zero-order chi connectivity index (χ0) is 12.3. The van der Waals surface area contributed by atoms with Crippen LogP contribution in [0.25, 0.3) is 0 Å². The van der Waals surface area contributed by atoms with E-state index in [9.17, 15) is 0 Å². The average Bonchev–Trinajstić information content (AvgIpc) is 2.17. The van der Waals surface area contributed by atoms with Gasteiger partial charge in [-0.1, -0.05) is 29.3 Å². The van der Waals surface area contributed by atoms with Crippen molar-refractivity contribution in [3.63, 3.8) is 0 Å². The highest BCUT2D eigenvalue weighted by atomic mass is 35.5. The highest BCUT2D eigenvalue weighted by Crippen LogP contribution is 2.28. The zero-order valence-corrected chi connectivity index (χ0v) is 13.1. The molecule has 1 aromatic rings. The molecule has 0 aliphatic heterocycles. The van der Waals surface area contributed by atoms with Crippen LogP contribution in [-0.2, 0) is 0 Å². The molecule has 1 unspecified atom stereocenters. The van der Waals surface area contributed by atoms with E-state index in [0.717, 1.165) is 5.56 Å². The van der Waals surface area contributed by atoms with Crippen molar-refractivity contribution in [2.75, 3.05) is 6.54 Å². The summed E-state index contributed by atoms with van der Waals surface area (Å²) >= 11 is 18.1. The van der Waals surface area contributed by atoms with Gasteiger partial charge in [0.25, 0.3) is 0 Å². The van der Waals surface area contributed by atoms with E-state index in [1.807, 2.05) is 12.1 Å². The summed E-state index contributed by atoms with van der Waals surface area (Å²) in [6.07, 6.45) is 0. The van der Waals surface area contributed by atoms with Crippen LogP contribution in [0, 0.1) is 0 Å². The fourth-order valence-electron chi connectivity index (χ4n) is 1.22. The van der Waals surface area contributed by atoms with Crippen molar-refractivity contribution in [1.29, 1.82) is 0 Å². The number of halogens is 4. The fourth-order valence-corrected chi connectivity index (χ4v) is 1.74. The molecule has 0 aliphatic carbocycles. The third kappa shape index (κ3) is 6.17. The van der Waals surface area contributed by atoms with E-state index in [1.165, 1.54) is 0 Å². The predicted octanol–water partition coefficient (Wildman–Crippen LogP) is 5.08. The third-order valence-electron chi connectivity index (χ3n) is 2.12. The summed E-state index contributed by atoms with van der Waals surface area (Å²) in [5.41, 5.74) is 1.04. The van der Waals surface area contributed by atoms with Gasteiger partial charge in [-0.3, -0.25) is 0 Å².